The number of pyridine rings is 1. The van der Waals surface area contributed by atoms with Crippen molar-refractivity contribution in [2.45, 2.75) is 80.1 Å². The molecule has 0 bridgehead atoms. The number of hydrogen-bond donors (Lipinski definition) is 3. The van der Waals surface area contributed by atoms with E-state index in [0.29, 0.717) is 17.2 Å². The van der Waals surface area contributed by atoms with Gasteiger partial charge in [0.05, 0.1) is 17.2 Å². The van der Waals surface area contributed by atoms with Gasteiger partial charge in [-0.15, -0.1) is 11.3 Å². The maximum absolute atomic E-state index is 11.2. The first kappa shape index (κ1) is 37.6. The molecule has 0 amide bonds. The molecule has 236 valence electrons. The predicted molar refractivity (Wildman–Crippen MR) is 190 cm³/mol. The lowest BCUT2D eigenvalue weighted by atomic mass is 9.91. The van der Waals surface area contributed by atoms with Crippen molar-refractivity contribution in [3.63, 3.8) is 0 Å². The maximum atomic E-state index is 11.2. The molecule has 7 heteroatoms. The Morgan fingerprint density at radius 1 is 1.00 bits per heavy atom. The van der Waals surface area contributed by atoms with Crippen LogP contribution in [0.4, 0.5) is 11.5 Å². The number of ether oxygens (including phenoxy) is 1. The summed E-state index contributed by atoms with van der Waals surface area (Å²) in [4.78, 5) is 16.2. The second-order valence-electron chi connectivity index (χ2n) is 9.93. The molecule has 1 fully saturated rings. The van der Waals surface area contributed by atoms with Crippen molar-refractivity contribution in [2.24, 2.45) is 11.7 Å². The molecule has 0 radical (unpaired) electrons. The summed E-state index contributed by atoms with van der Waals surface area (Å²) in [5.41, 5.74) is 14.5. The third-order valence-electron chi connectivity index (χ3n) is 6.94. The van der Waals surface area contributed by atoms with Crippen molar-refractivity contribution in [3.05, 3.63) is 71.2 Å². The molecule has 1 aliphatic carbocycles. The molecule has 6 nitrogen and oxygen atoms in total. The highest BCUT2D eigenvalue weighted by Gasteiger charge is 2.11. The first-order valence-electron chi connectivity index (χ1n) is 15.6. The summed E-state index contributed by atoms with van der Waals surface area (Å²) >= 11 is 1.46. The Morgan fingerprint density at radius 3 is 2.14 bits per heavy atom. The number of fused-ring (bicyclic) bond motifs is 1. The largest absolute Gasteiger partial charge is 0.494 e. The van der Waals surface area contributed by atoms with Gasteiger partial charge >= 0.3 is 0 Å². The van der Waals surface area contributed by atoms with E-state index in [2.05, 4.69) is 48.1 Å². The lowest BCUT2D eigenvalue weighted by Crippen LogP contribution is -1.99. The number of Topliss-reactive ketones (excluding diaryl/α,β-unsaturated/α-hetero) is 1. The van der Waals surface area contributed by atoms with Gasteiger partial charge < -0.3 is 21.5 Å². The fourth-order valence-corrected chi connectivity index (χ4v) is 5.70. The number of rotatable bonds is 6. The average Bonchev–Trinajstić information content (AvgIpc) is 3.41. The second-order valence-corrected chi connectivity index (χ2v) is 11.0. The van der Waals surface area contributed by atoms with Gasteiger partial charge in [-0.05, 0) is 67.8 Å². The van der Waals surface area contributed by atoms with Crippen LogP contribution in [-0.2, 0) is 6.42 Å². The number of aromatic nitrogens is 1. The maximum Gasteiger partial charge on any atom is 0.171 e. The lowest BCUT2D eigenvalue weighted by molar-refractivity contribution is 0.102. The number of aryl methyl sites for hydroxylation is 1. The Hall–Kier alpha value is -3.42. The zero-order valence-corrected chi connectivity index (χ0v) is 28.4. The number of nitrogens with two attached hydrogens (primary N) is 2. The van der Waals surface area contributed by atoms with Crippen LogP contribution in [0, 0.1) is 5.92 Å². The van der Waals surface area contributed by atoms with E-state index in [4.69, 9.17) is 10.5 Å². The molecule has 2 aromatic heterocycles. The van der Waals surface area contributed by atoms with Gasteiger partial charge in [-0.1, -0.05) is 84.1 Å². The van der Waals surface area contributed by atoms with Gasteiger partial charge in [-0.25, -0.2) is 4.98 Å². The van der Waals surface area contributed by atoms with Gasteiger partial charge in [0.25, 0.3) is 0 Å². The number of ketones is 1. The molecule has 4 aromatic rings. The number of nitrogens with one attached hydrogen (secondary N) is 1. The highest BCUT2D eigenvalue weighted by molar-refractivity contribution is 7.21. The van der Waals surface area contributed by atoms with Crippen molar-refractivity contribution in [1.29, 1.82) is 0 Å². The van der Waals surface area contributed by atoms with E-state index in [1.807, 2.05) is 70.4 Å². The van der Waals surface area contributed by atoms with Crippen molar-refractivity contribution >= 4 is 38.7 Å². The van der Waals surface area contributed by atoms with E-state index in [0.717, 1.165) is 39.6 Å². The first-order valence-corrected chi connectivity index (χ1v) is 16.4. The zero-order valence-electron chi connectivity index (χ0n) is 27.6. The molecule has 5 N–H and O–H groups in total. The van der Waals surface area contributed by atoms with Crippen LogP contribution in [0.2, 0.25) is 0 Å². The quantitative estimate of drug-likeness (QED) is 0.189. The molecule has 1 saturated carbocycles. The predicted octanol–water partition coefficient (Wildman–Crippen LogP) is 9.63. The monoisotopic (exact) mass is 606 g/mol. The number of thiophene rings is 1. The minimum Gasteiger partial charge on any atom is -0.494 e. The Morgan fingerprint density at radius 2 is 1.65 bits per heavy atom. The van der Waals surface area contributed by atoms with Crippen LogP contribution in [-0.4, -0.2) is 31.5 Å². The summed E-state index contributed by atoms with van der Waals surface area (Å²) in [5, 5.41) is 4.01. The molecule has 0 atom stereocenters. The molecule has 43 heavy (non-hydrogen) atoms. The average molecular weight is 607 g/mol. The van der Waals surface area contributed by atoms with E-state index in [1.165, 1.54) is 61.6 Å². The van der Waals surface area contributed by atoms with Crippen LogP contribution in [0.5, 0.6) is 5.75 Å². The van der Waals surface area contributed by atoms with Crippen LogP contribution in [0.15, 0.2) is 60.8 Å². The van der Waals surface area contributed by atoms with Gasteiger partial charge in [0, 0.05) is 35.8 Å². The number of nitrogens with zero attached hydrogens (tertiary/aromatic N) is 1. The van der Waals surface area contributed by atoms with Crippen molar-refractivity contribution < 1.29 is 9.53 Å². The lowest BCUT2D eigenvalue weighted by Gasteiger charge is -2.15. The molecule has 2 heterocycles. The van der Waals surface area contributed by atoms with Gasteiger partial charge in [0.2, 0.25) is 0 Å². The number of hydrogen-bond acceptors (Lipinski definition) is 7. The van der Waals surface area contributed by atoms with Crippen LogP contribution >= 0.6 is 11.3 Å². The highest BCUT2D eigenvalue weighted by Crippen LogP contribution is 2.33. The zero-order chi connectivity index (χ0) is 32.2. The van der Waals surface area contributed by atoms with Crippen molar-refractivity contribution in [3.8, 4) is 16.9 Å². The van der Waals surface area contributed by atoms with Gasteiger partial charge in [-0.3, -0.25) is 4.79 Å². The first-order chi connectivity index (χ1) is 20.9. The van der Waals surface area contributed by atoms with E-state index >= 15 is 0 Å². The van der Waals surface area contributed by atoms with Gasteiger partial charge in [0.15, 0.2) is 5.78 Å². The third-order valence-corrected chi connectivity index (χ3v) is 8.23. The summed E-state index contributed by atoms with van der Waals surface area (Å²) in [6, 6.07) is 18.2. The topological polar surface area (TPSA) is 103 Å². The summed E-state index contributed by atoms with van der Waals surface area (Å²) in [5.74, 6) is 2.94. The highest BCUT2D eigenvalue weighted by atomic mass is 32.1. The van der Waals surface area contributed by atoms with Crippen LogP contribution in [0.3, 0.4) is 0 Å². The van der Waals surface area contributed by atoms with Crippen LogP contribution < -0.4 is 21.5 Å². The molecule has 1 aliphatic rings. The molecule has 0 unspecified atom stereocenters. The number of carbonyl (C=O) groups is 1. The van der Waals surface area contributed by atoms with E-state index < -0.39 is 0 Å². The number of nitrogen functional groups attached to an aromatic ring is 1. The fourth-order valence-electron chi connectivity index (χ4n) is 4.68. The van der Waals surface area contributed by atoms with E-state index in [-0.39, 0.29) is 5.78 Å². The SMILES string of the molecule is CC.CC(=O)c1sc2ccccc2c1N.CC1CCCCC1.CCOc1ccc(-c2ccc(NC)nc2)cc1CC.CN. The summed E-state index contributed by atoms with van der Waals surface area (Å²) in [6.45, 7) is 12.8. The Bertz CT molecular complexity index is 1330. The molecule has 5 rings (SSSR count). The minimum atomic E-state index is 0.0405. The smallest absolute Gasteiger partial charge is 0.171 e. The Labute approximate surface area is 264 Å². The molecule has 2 aromatic carbocycles. The van der Waals surface area contributed by atoms with Gasteiger partial charge in [0.1, 0.15) is 11.6 Å². The van der Waals surface area contributed by atoms with Crippen molar-refractivity contribution in [1.82, 2.24) is 4.98 Å². The molecule has 0 aliphatic heterocycles. The van der Waals surface area contributed by atoms with E-state index in [9.17, 15) is 4.79 Å². The van der Waals surface area contributed by atoms with Gasteiger partial charge in [-0.2, -0.15) is 0 Å². The van der Waals surface area contributed by atoms with Crippen molar-refractivity contribution in [2.75, 3.05) is 31.8 Å². The van der Waals surface area contributed by atoms with Crippen LogP contribution in [0.25, 0.3) is 21.2 Å². The molecule has 0 saturated heterocycles. The summed E-state index contributed by atoms with van der Waals surface area (Å²) in [6.07, 6.45) is 10.3. The number of anilines is 2. The molecule has 0 spiro atoms. The Balaban J connectivity index is 0.000000332. The third kappa shape index (κ3) is 12.0. The minimum absolute atomic E-state index is 0.0405. The van der Waals surface area contributed by atoms with Crippen LogP contribution in [0.1, 0.15) is 88.9 Å². The van der Waals surface area contributed by atoms with E-state index in [1.54, 1.807) is 6.92 Å². The normalized spacial score (nSPS) is 12.1. The summed E-state index contributed by atoms with van der Waals surface area (Å²) < 4.78 is 6.70. The fraction of sp³-hybridized carbons (Fsp3) is 0.444. The Kier molecular flexibility index (Phi) is 18.6. The molecular formula is C36H54N4O2S. The summed E-state index contributed by atoms with van der Waals surface area (Å²) in [7, 11) is 3.37. The number of carbonyl (C=O) groups excluding carboxylic acids is 1. The second kappa shape index (κ2) is 21.3. The molecular weight excluding hydrogens is 552 g/mol. The number of benzene rings is 2. The standard InChI is InChI=1S/C16H20N2O.C10H9NOS.C7H14.C2H6.CH5N/c1-4-12-10-13(6-8-15(12)19-5-2)14-7-9-16(17-3)18-11-14;1-6(12)10-9(11)7-4-2-3-5-8(7)13-10;1-7-5-3-2-4-6-7;2*1-2/h6-11H,4-5H2,1-3H3,(H,17,18);2-5H,11H2,1H3;7H,2-6H2,1H3;1-2H3;2H2,1H3.